The molecule has 4 nitrogen and oxygen atoms in total. The second-order valence-corrected chi connectivity index (χ2v) is 3.10. The van der Waals surface area contributed by atoms with Crippen LogP contribution < -0.4 is 0 Å². The van der Waals surface area contributed by atoms with Crippen LogP contribution in [0.5, 0.6) is 0 Å². The Hall–Kier alpha value is -1.68. The first-order valence-corrected chi connectivity index (χ1v) is 4.35. The summed E-state index contributed by atoms with van der Waals surface area (Å²) in [5.74, 6) is 0.706. The van der Waals surface area contributed by atoms with Crippen LogP contribution in [-0.2, 0) is 13.7 Å². The first-order valence-electron chi connectivity index (χ1n) is 4.35. The molecule has 0 spiro atoms. The quantitative estimate of drug-likeness (QED) is 0.766. The Bertz CT molecular complexity index is 419. The number of rotatable bonds is 2. The number of aromatic nitrogens is 3. The summed E-state index contributed by atoms with van der Waals surface area (Å²) in [5.41, 5.74) is 1.85. The Morgan fingerprint density at radius 1 is 1.29 bits per heavy atom. The van der Waals surface area contributed by atoms with Crippen LogP contribution in [0.15, 0.2) is 30.6 Å². The minimum atomic E-state index is 0.0654. The largest absolute Gasteiger partial charge is 0.392 e. The zero-order valence-corrected chi connectivity index (χ0v) is 7.88. The molecule has 1 aromatic heterocycles. The van der Waals surface area contributed by atoms with Crippen molar-refractivity contribution in [1.82, 2.24) is 14.8 Å². The zero-order chi connectivity index (χ0) is 9.97. The minimum Gasteiger partial charge on any atom is -0.392 e. The molecule has 0 saturated heterocycles. The predicted molar refractivity (Wildman–Crippen MR) is 52.4 cm³/mol. The van der Waals surface area contributed by atoms with Crippen LogP contribution in [0, 0.1) is 0 Å². The van der Waals surface area contributed by atoms with Crippen LogP contribution >= 0.6 is 0 Å². The highest BCUT2D eigenvalue weighted by Gasteiger charge is 2.01. The molecule has 0 fully saturated rings. The van der Waals surface area contributed by atoms with E-state index in [4.69, 9.17) is 5.11 Å². The molecule has 0 radical (unpaired) electrons. The van der Waals surface area contributed by atoms with Crippen molar-refractivity contribution in [3.8, 4) is 11.4 Å². The summed E-state index contributed by atoms with van der Waals surface area (Å²) in [7, 11) is 1.83. The highest BCUT2D eigenvalue weighted by Crippen LogP contribution is 2.14. The molecule has 0 bridgehead atoms. The van der Waals surface area contributed by atoms with Gasteiger partial charge in [-0.2, -0.15) is 5.10 Å². The normalized spacial score (nSPS) is 10.4. The smallest absolute Gasteiger partial charge is 0.181 e. The molecule has 1 N–H and O–H groups in total. The molecule has 2 aromatic rings. The lowest BCUT2D eigenvalue weighted by atomic mass is 10.1. The van der Waals surface area contributed by atoms with E-state index in [9.17, 15) is 0 Å². The first-order chi connectivity index (χ1) is 6.79. The Morgan fingerprint density at radius 2 is 2.00 bits per heavy atom. The fourth-order valence-electron chi connectivity index (χ4n) is 1.23. The summed E-state index contributed by atoms with van der Waals surface area (Å²) >= 11 is 0. The third kappa shape index (κ3) is 1.65. The van der Waals surface area contributed by atoms with Crippen molar-refractivity contribution in [1.29, 1.82) is 0 Å². The fraction of sp³-hybridized carbons (Fsp3) is 0.200. The van der Waals surface area contributed by atoms with Crippen LogP contribution in [0.25, 0.3) is 11.4 Å². The molecule has 72 valence electrons. The van der Waals surface area contributed by atoms with Gasteiger partial charge in [-0.1, -0.05) is 24.3 Å². The topological polar surface area (TPSA) is 50.9 Å². The summed E-state index contributed by atoms with van der Waals surface area (Å²) < 4.78 is 1.66. The average molecular weight is 189 g/mol. The second-order valence-electron chi connectivity index (χ2n) is 3.10. The van der Waals surface area contributed by atoms with Gasteiger partial charge in [-0.25, -0.2) is 4.98 Å². The van der Waals surface area contributed by atoms with E-state index in [0.29, 0.717) is 5.82 Å². The summed E-state index contributed by atoms with van der Waals surface area (Å²) in [6.45, 7) is 0.0654. The van der Waals surface area contributed by atoms with E-state index in [0.717, 1.165) is 11.1 Å². The van der Waals surface area contributed by atoms with Crippen molar-refractivity contribution in [2.45, 2.75) is 6.61 Å². The number of aliphatic hydroxyl groups is 1. The van der Waals surface area contributed by atoms with E-state index in [-0.39, 0.29) is 6.61 Å². The summed E-state index contributed by atoms with van der Waals surface area (Å²) in [6.07, 6.45) is 1.66. The molecule has 1 heterocycles. The minimum absolute atomic E-state index is 0.0654. The number of aryl methyl sites for hydroxylation is 1. The van der Waals surface area contributed by atoms with E-state index in [1.54, 1.807) is 11.0 Å². The summed E-state index contributed by atoms with van der Waals surface area (Å²) in [6, 6.07) is 7.54. The monoisotopic (exact) mass is 189 g/mol. The molecule has 0 saturated carbocycles. The standard InChI is InChI=1S/C10H11N3O/c1-13-7-11-10(12-13)9-4-2-8(6-14)3-5-9/h2-5,7,14H,6H2,1H3. The van der Waals surface area contributed by atoms with E-state index in [2.05, 4.69) is 10.1 Å². The lowest BCUT2D eigenvalue weighted by Crippen LogP contribution is -1.88. The van der Waals surface area contributed by atoms with Crippen LogP contribution in [0.2, 0.25) is 0 Å². The van der Waals surface area contributed by atoms with E-state index >= 15 is 0 Å². The summed E-state index contributed by atoms with van der Waals surface area (Å²) in [4.78, 5) is 4.13. The van der Waals surface area contributed by atoms with Gasteiger partial charge in [-0.05, 0) is 5.56 Å². The van der Waals surface area contributed by atoms with E-state index in [1.165, 1.54) is 0 Å². The highest BCUT2D eigenvalue weighted by molar-refractivity contribution is 5.54. The molecule has 0 atom stereocenters. The molecule has 0 amide bonds. The van der Waals surface area contributed by atoms with Gasteiger partial charge in [0.05, 0.1) is 6.61 Å². The van der Waals surface area contributed by atoms with Crippen LogP contribution in [0.3, 0.4) is 0 Å². The lowest BCUT2D eigenvalue weighted by molar-refractivity contribution is 0.282. The van der Waals surface area contributed by atoms with Crippen LogP contribution in [0.1, 0.15) is 5.56 Å². The average Bonchev–Trinajstić information content (AvgIpc) is 2.65. The molecule has 2 rings (SSSR count). The van der Waals surface area contributed by atoms with Crippen molar-refractivity contribution in [2.24, 2.45) is 7.05 Å². The van der Waals surface area contributed by atoms with Gasteiger partial charge in [0, 0.05) is 12.6 Å². The maximum atomic E-state index is 8.87. The molecule has 0 aliphatic carbocycles. The zero-order valence-electron chi connectivity index (χ0n) is 7.88. The lowest BCUT2D eigenvalue weighted by Gasteiger charge is -1.97. The second kappa shape index (κ2) is 3.59. The van der Waals surface area contributed by atoms with Crippen molar-refractivity contribution in [2.75, 3.05) is 0 Å². The number of aliphatic hydroxyl groups excluding tert-OH is 1. The predicted octanol–water partition coefficient (Wildman–Crippen LogP) is 0.974. The van der Waals surface area contributed by atoms with Crippen molar-refractivity contribution in [3.63, 3.8) is 0 Å². The van der Waals surface area contributed by atoms with Gasteiger partial charge in [0.1, 0.15) is 6.33 Å². The molecule has 0 aliphatic heterocycles. The molecule has 14 heavy (non-hydrogen) atoms. The number of hydrogen-bond acceptors (Lipinski definition) is 3. The molecule has 0 unspecified atom stereocenters. The van der Waals surface area contributed by atoms with Gasteiger partial charge in [-0.15, -0.1) is 0 Å². The van der Waals surface area contributed by atoms with E-state index < -0.39 is 0 Å². The molecule has 0 aliphatic rings. The maximum absolute atomic E-state index is 8.87. The highest BCUT2D eigenvalue weighted by atomic mass is 16.3. The number of benzene rings is 1. The van der Waals surface area contributed by atoms with Crippen LogP contribution in [0.4, 0.5) is 0 Å². The molecule has 4 heteroatoms. The third-order valence-corrected chi connectivity index (χ3v) is 1.99. The van der Waals surface area contributed by atoms with Crippen LogP contribution in [-0.4, -0.2) is 19.9 Å². The van der Waals surface area contributed by atoms with Crippen molar-refractivity contribution >= 4 is 0 Å². The van der Waals surface area contributed by atoms with Crippen molar-refractivity contribution in [3.05, 3.63) is 36.2 Å². The van der Waals surface area contributed by atoms with Gasteiger partial charge in [0.15, 0.2) is 5.82 Å². The molecular formula is C10H11N3O. The Morgan fingerprint density at radius 3 is 2.50 bits per heavy atom. The van der Waals surface area contributed by atoms with Gasteiger partial charge in [0.25, 0.3) is 0 Å². The Balaban J connectivity index is 2.33. The maximum Gasteiger partial charge on any atom is 0.181 e. The first kappa shape index (κ1) is 8.90. The molecule has 1 aromatic carbocycles. The van der Waals surface area contributed by atoms with Gasteiger partial charge in [-0.3, -0.25) is 4.68 Å². The summed E-state index contributed by atoms with van der Waals surface area (Å²) in [5, 5.41) is 13.0. The Kier molecular flexibility index (Phi) is 2.28. The van der Waals surface area contributed by atoms with Gasteiger partial charge in [0.2, 0.25) is 0 Å². The number of nitrogens with zero attached hydrogens (tertiary/aromatic N) is 3. The third-order valence-electron chi connectivity index (χ3n) is 1.99. The van der Waals surface area contributed by atoms with E-state index in [1.807, 2.05) is 31.3 Å². The van der Waals surface area contributed by atoms with Crippen molar-refractivity contribution < 1.29 is 5.11 Å². The van der Waals surface area contributed by atoms with Gasteiger partial charge < -0.3 is 5.11 Å². The number of hydrogen-bond donors (Lipinski definition) is 1. The van der Waals surface area contributed by atoms with Gasteiger partial charge >= 0.3 is 0 Å². The SMILES string of the molecule is Cn1cnc(-c2ccc(CO)cc2)n1. The molecular weight excluding hydrogens is 178 g/mol. The Labute approximate surface area is 81.8 Å². The fourth-order valence-corrected chi connectivity index (χ4v) is 1.23.